The zero-order valence-corrected chi connectivity index (χ0v) is 24.5. The van der Waals surface area contributed by atoms with Crippen LogP contribution < -0.4 is 14.8 Å². The SMILES string of the molecule is C[C@H](CO)N1C[C@H](C)[C@H](CN(C)C(=O)NC2CCCCC2)Oc2c(NS(=O)(=O)c3ccc(F)cc3)cccc2C1=O. The van der Waals surface area contributed by atoms with Gasteiger partial charge in [0.05, 0.1) is 35.3 Å². The molecule has 0 spiro atoms. The highest BCUT2D eigenvalue weighted by Gasteiger charge is 2.35. The molecule has 12 heteroatoms. The van der Waals surface area contributed by atoms with Crippen LogP contribution >= 0.6 is 0 Å². The van der Waals surface area contributed by atoms with E-state index < -0.39 is 33.9 Å². The summed E-state index contributed by atoms with van der Waals surface area (Å²) in [5.41, 5.74) is 0.154. The van der Waals surface area contributed by atoms with E-state index in [1.165, 1.54) is 24.6 Å². The summed E-state index contributed by atoms with van der Waals surface area (Å²) in [4.78, 5) is 29.6. The lowest BCUT2D eigenvalue weighted by atomic mass is 9.96. The van der Waals surface area contributed by atoms with Crippen molar-refractivity contribution in [1.82, 2.24) is 15.1 Å². The number of rotatable bonds is 8. The summed E-state index contributed by atoms with van der Waals surface area (Å²) in [5.74, 6) is -1.25. The Hall–Kier alpha value is -3.38. The number of sulfonamides is 1. The topological polar surface area (TPSA) is 128 Å². The van der Waals surface area contributed by atoms with E-state index in [0.29, 0.717) is 0 Å². The van der Waals surface area contributed by atoms with E-state index in [9.17, 15) is 27.5 Å². The van der Waals surface area contributed by atoms with Crippen LogP contribution in [0.3, 0.4) is 0 Å². The molecule has 3 N–H and O–H groups in total. The summed E-state index contributed by atoms with van der Waals surface area (Å²) < 4.78 is 48.7. The van der Waals surface area contributed by atoms with Crippen molar-refractivity contribution in [3.8, 4) is 5.75 Å². The van der Waals surface area contributed by atoms with Crippen molar-refractivity contribution >= 4 is 27.6 Å². The number of likely N-dealkylation sites (N-methyl/N-ethyl adjacent to an activating group) is 1. The van der Waals surface area contributed by atoms with E-state index in [1.807, 2.05) is 6.92 Å². The van der Waals surface area contributed by atoms with Gasteiger partial charge >= 0.3 is 6.03 Å². The Labute approximate surface area is 240 Å². The Kier molecular flexibility index (Phi) is 9.75. The number of hydrogen-bond donors (Lipinski definition) is 3. The largest absolute Gasteiger partial charge is 0.485 e. The monoisotopic (exact) mass is 590 g/mol. The molecule has 0 aromatic heterocycles. The van der Waals surface area contributed by atoms with Gasteiger partial charge in [-0.05, 0) is 56.2 Å². The Morgan fingerprint density at radius 1 is 1.17 bits per heavy atom. The highest BCUT2D eigenvalue weighted by atomic mass is 32.2. The molecular formula is C29H39FN4O6S. The van der Waals surface area contributed by atoms with Crippen LogP contribution in [0.2, 0.25) is 0 Å². The highest BCUT2D eigenvalue weighted by Crippen LogP contribution is 2.36. The van der Waals surface area contributed by atoms with Gasteiger partial charge in [-0.25, -0.2) is 17.6 Å². The van der Waals surface area contributed by atoms with Crippen molar-refractivity contribution < 1.29 is 32.2 Å². The average molecular weight is 591 g/mol. The Morgan fingerprint density at radius 3 is 2.51 bits per heavy atom. The summed E-state index contributed by atoms with van der Waals surface area (Å²) >= 11 is 0. The lowest BCUT2D eigenvalue weighted by Crippen LogP contribution is -2.52. The van der Waals surface area contributed by atoms with Crippen molar-refractivity contribution in [1.29, 1.82) is 0 Å². The number of ether oxygens (including phenoxy) is 1. The van der Waals surface area contributed by atoms with Crippen molar-refractivity contribution in [3.05, 3.63) is 53.8 Å². The number of nitrogens with one attached hydrogen (secondary N) is 2. The third kappa shape index (κ3) is 7.28. The maximum absolute atomic E-state index is 13.7. The first-order valence-electron chi connectivity index (χ1n) is 14.0. The molecule has 3 amide bonds. The van der Waals surface area contributed by atoms with Crippen LogP contribution in [-0.2, 0) is 10.0 Å². The normalized spacial score (nSPS) is 20.7. The van der Waals surface area contributed by atoms with E-state index in [-0.39, 0.29) is 59.6 Å². The molecule has 0 saturated heterocycles. The molecule has 224 valence electrons. The first-order valence-corrected chi connectivity index (χ1v) is 15.5. The quantitative estimate of drug-likeness (QED) is 0.429. The minimum absolute atomic E-state index is 0.0240. The van der Waals surface area contributed by atoms with Gasteiger partial charge in [0.1, 0.15) is 11.9 Å². The second-order valence-corrected chi connectivity index (χ2v) is 12.7. The van der Waals surface area contributed by atoms with Crippen molar-refractivity contribution in [2.24, 2.45) is 5.92 Å². The van der Waals surface area contributed by atoms with Crippen LogP contribution in [-0.4, -0.2) is 80.2 Å². The van der Waals surface area contributed by atoms with E-state index in [4.69, 9.17) is 4.74 Å². The summed E-state index contributed by atoms with van der Waals surface area (Å²) in [6.45, 7) is 3.78. The number of aliphatic hydroxyl groups is 1. The molecule has 2 aromatic rings. The van der Waals surface area contributed by atoms with E-state index in [2.05, 4.69) is 10.0 Å². The average Bonchev–Trinajstić information content (AvgIpc) is 2.95. The van der Waals surface area contributed by atoms with Gasteiger partial charge in [0.25, 0.3) is 15.9 Å². The molecular weight excluding hydrogens is 551 g/mol. The number of aliphatic hydroxyl groups excluding tert-OH is 1. The van der Waals surface area contributed by atoms with Gasteiger partial charge in [0.2, 0.25) is 0 Å². The predicted octanol–water partition coefficient (Wildman–Crippen LogP) is 3.82. The Morgan fingerprint density at radius 2 is 1.85 bits per heavy atom. The van der Waals surface area contributed by atoms with E-state index >= 15 is 0 Å². The smallest absolute Gasteiger partial charge is 0.317 e. The van der Waals surface area contributed by atoms with Crippen LogP contribution in [0.5, 0.6) is 5.75 Å². The molecule has 2 aromatic carbocycles. The number of anilines is 1. The number of fused-ring (bicyclic) bond motifs is 1. The maximum atomic E-state index is 13.7. The first-order chi connectivity index (χ1) is 19.5. The first kappa shape index (κ1) is 30.6. The number of nitrogens with zero attached hydrogens (tertiary/aromatic N) is 2. The van der Waals surface area contributed by atoms with Crippen LogP contribution in [0.1, 0.15) is 56.3 Å². The number of hydrogen-bond acceptors (Lipinski definition) is 6. The molecule has 41 heavy (non-hydrogen) atoms. The van der Waals surface area contributed by atoms with Gasteiger partial charge in [0, 0.05) is 25.6 Å². The molecule has 10 nitrogen and oxygen atoms in total. The lowest BCUT2D eigenvalue weighted by molar-refractivity contribution is 0.0368. The Balaban J connectivity index is 1.66. The standard InChI is InChI=1S/C29H39FN4O6S/c1-19-16-34(20(2)18-35)28(36)24-10-7-11-25(32-41(38,39)23-14-12-21(30)13-15-23)27(24)40-26(19)17-33(3)29(37)31-22-8-5-4-6-9-22/h7,10-15,19-20,22,26,32,35H,4-6,8-9,16-18H2,1-3H3,(H,31,37)/t19-,20+,26-/m0/s1. The van der Waals surface area contributed by atoms with E-state index in [0.717, 1.165) is 49.9 Å². The van der Waals surface area contributed by atoms with Crippen molar-refractivity contribution in [2.45, 2.75) is 69.0 Å². The number of halogens is 1. The fourth-order valence-corrected chi connectivity index (χ4v) is 6.31. The third-order valence-corrected chi connectivity index (χ3v) is 9.17. The molecule has 1 aliphatic carbocycles. The predicted molar refractivity (Wildman–Crippen MR) is 153 cm³/mol. The molecule has 0 radical (unpaired) electrons. The number of para-hydroxylation sites is 1. The van der Waals surface area contributed by atoms with Crippen molar-refractivity contribution in [2.75, 3.05) is 31.5 Å². The number of urea groups is 1. The highest BCUT2D eigenvalue weighted by molar-refractivity contribution is 7.92. The minimum Gasteiger partial charge on any atom is -0.485 e. The van der Waals surface area contributed by atoms with E-state index in [1.54, 1.807) is 23.8 Å². The maximum Gasteiger partial charge on any atom is 0.317 e. The van der Waals surface area contributed by atoms with Crippen LogP contribution in [0, 0.1) is 11.7 Å². The van der Waals surface area contributed by atoms with Crippen molar-refractivity contribution in [3.63, 3.8) is 0 Å². The molecule has 0 bridgehead atoms. The van der Waals surface area contributed by atoms with Gasteiger partial charge in [-0.2, -0.15) is 0 Å². The molecule has 1 fully saturated rings. The fraction of sp³-hybridized carbons (Fsp3) is 0.517. The molecule has 1 saturated carbocycles. The van der Waals surface area contributed by atoms with Crippen LogP contribution in [0.15, 0.2) is 47.4 Å². The summed E-state index contributed by atoms with van der Waals surface area (Å²) in [5, 5.41) is 13.0. The molecule has 1 aliphatic heterocycles. The van der Waals surface area contributed by atoms with Gasteiger partial charge < -0.3 is 25.0 Å². The second-order valence-electron chi connectivity index (χ2n) is 11.0. The van der Waals surface area contributed by atoms with Gasteiger partial charge in [-0.15, -0.1) is 0 Å². The zero-order chi connectivity index (χ0) is 29.7. The van der Waals surface area contributed by atoms with Gasteiger partial charge in [-0.1, -0.05) is 32.3 Å². The van der Waals surface area contributed by atoms with Gasteiger partial charge in [0.15, 0.2) is 5.75 Å². The minimum atomic E-state index is -4.16. The van der Waals surface area contributed by atoms with Gasteiger partial charge in [-0.3, -0.25) is 9.52 Å². The summed E-state index contributed by atoms with van der Waals surface area (Å²) in [7, 11) is -2.48. The van der Waals surface area contributed by atoms with Crippen LogP contribution in [0.25, 0.3) is 0 Å². The van der Waals surface area contributed by atoms with Crippen LogP contribution in [0.4, 0.5) is 14.9 Å². The summed E-state index contributed by atoms with van der Waals surface area (Å²) in [6.07, 6.45) is 4.60. The number of carbonyl (C=O) groups is 2. The Bertz CT molecular complexity index is 1330. The summed E-state index contributed by atoms with van der Waals surface area (Å²) in [6, 6.07) is 8.33. The molecule has 2 aliphatic rings. The fourth-order valence-electron chi connectivity index (χ4n) is 5.24. The second kappa shape index (κ2) is 13.1. The number of benzene rings is 2. The molecule has 4 rings (SSSR count). The number of amides is 3. The molecule has 3 atom stereocenters. The lowest BCUT2D eigenvalue weighted by Gasteiger charge is -2.38. The molecule has 1 heterocycles. The molecule has 0 unspecified atom stereocenters. The number of carbonyl (C=O) groups excluding carboxylic acids is 2. The third-order valence-electron chi connectivity index (χ3n) is 7.79. The zero-order valence-electron chi connectivity index (χ0n) is 23.7.